The number of carbonyl (C=O) groups excluding carboxylic acids is 3. The first kappa shape index (κ1) is 30.9. The molecule has 1 aliphatic heterocycles. The van der Waals surface area contributed by atoms with Crippen LogP contribution in [0.25, 0.3) is 0 Å². The molecule has 1 heterocycles. The minimum Gasteiger partial charge on any atom is -0.354 e. The normalized spacial score (nSPS) is 19.7. The van der Waals surface area contributed by atoms with Crippen molar-refractivity contribution in [3.63, 3.8) is 0 Å². The number of non-ortho nitro benzene ring substituents is 1. The van der Waals surface area contributed by atoms with Gasteiger partial charge in [0.25, 0.3) is 5.69 Å². The van der Waals surface area contributed by atoms with Crippen LogP contribution in [-0.2, 0) is 27.2 Å². The first-order chi connectivity index (χ1) is 21.3. The van der Waals surface area contributed by atoms with E-state index in [9.17, 15) is 24.5 Å². The second-order valence-electron chi connectivity index (χ2n) is 12.0. The number of carbonyl (C=O) groups is 3. The molecule has 3 atom stereocenters. The maximum absolute atomic E-state index is 14.4. The maximum atomic E-state index is 14.4. The number of nitrogens with zero attached hydrogens (tertiary/aromatic N) is 2. The molecule has 230 valence electrons. The highest BCUT2D eigenvalue weighted by Gasteiger charge is 2.47. The third-order valence-electron chi connectivity index (χ3n) is 8.85. The van der Waals surface area contributed by atoms with Crippen molar-refractivity contribution in [3.05, 3.63) is 111 Å². The zero-order valence-corrected chi connectivity index (χ0v) is 25.1. The minimum absolute atomic E-state index is 0.115. The molecule has 0 radical (unpaired) electrons. The molecule has 3 amide bonds. The maximum Gasteiger partial charge on any atom is 0.269 e. The lowest BCUT2D eigenvalue weighted by Gasteiger charge is -2.44. The van der Waals surface area contributed by atoms with E-state index in [1.807, 2.05) is 61.5 Å². The predicted octanol–water partition coefficient (Wildman–Crippen LogP) is 5.21. The van der Waals surface area contributed by atoms with Crippen molar-refractivity contribution in [2.45, 2.75) is 76.4 Å². The Kier molecular flexibility index (Phi) is 10.0. The van der Waals surface area contributed by atoms with Crippen LogP contribution in [0, 0.1) is 23.0 Å². The molecule has 2 N–H and O–H groups in total. The third kappa shape index (κ3) is 7.51. The second-order valence-corrected chi connectivity index (χ2v) is 12.0. The molecular formula is C35H40N4O5. The van der Waals surface area contributed by atoms with Crippen molar-refractivity contribution in [2.24, 2.45) is 5.92 Å². The molecule has 1 aliphatic carbocycles. The van der Waals surface area contributed by atoms with Crippen LogP contribution in [0.4, 0.5) is 5.69 Å². The Labute approximate surface area is 258 Å². The summed E-state index contributed by atoms with van der Waals surface area (Å²) in [7, 11) is 0. The number of piperazine rings is 1. The van der Waals surface area contributed by atoms with Crippen molar-refractivity contribution >= 4 is 23.4 Å². The van der Waals surface area contributed by atoms with Gasteiger partial charge in [-0.15, -0.1) is 0 Å². The van der Waals surface area contributed by atoms with Gasteiger partial charge in [0, 0.05) is 25.1 Å². The highest BCUT2D eigenvalue weighted by Crippen LogP contribution is 2.35. The highest BCUT2D eigenvalue weighted by molar-refractivity contribution is 6.00. The molecule has 0 bridgehead atoms. The summed E-state index contributed by atoms with van der Waals surface area (Å²) in [5.74, 6) is -0.745. The van der Waals surface area contributed by atoms with Crippen molar-refractivity contribution in [1.82, 2.24) is 15.5 Å². The largest absolute Gasteiger partial charge is 0.354 e. The first-order valence-corrected chi connectivity index (χ1v) is 15.5. The summed E-state index contributed by atoms with van der Waals surface area (Å²) in [5, 5.41) is 17.4. The lowest BCUT2D eigenvalue weighted by atomic mass is 9.82. The van der Waals surface area contributed by atoms with Gasteiger partial charge in [-0.25, -0.2) is 0 Å². The summed E-state index contributed by atoms with van der Waals surface area (Å²) in [4.78, 5) is 54.7. The summed E-state index contributed by atoms with van der Waals surface area (Å²) in [6.45, 7) is 2.35. The number of hydrogen-bond acceptors (Lipinski definition) is 5. The molecule has 3 aromatic rings. The number of aryl methyl sites for hydroxylation is 1. The molecule has 0 aromatic heterocycles. The molecule has 1 saturated heterocycles. The third-order valence-corrected chi connectivity index (χ3v) is 8.85. The average molecular weight is 597 g/mol. The zero-order chi connectivity index (χ0) is 31.1. The monoisotopic (exact) mass is 596 g/mol. The van der Waals surface area contributed by atoms with E-state index in [0.717, 1.165) is 48.8 Å². The molecule has 1 unspecified atom stereocenters. The molecule has 3 aromatic carbocycles. The fraction of sp³-hybridized carbons (Fsp3) is 0.400. The average Bonchev–Trinajstić information content (AvgIpc) is 3.03. The van der Waals surface area contributed by atoms with Crippen LogP contribution in [-0.4, -0.2) is 46.2 Å². The summed E-state index contributed by atoms with van der Waals surface area (Å²) in [5.41, 5.74) is 3.42. The van der Waals surface area contributed by atoms with Crippen LogP contribution in [0.15, 0.2) is 78.9 Å². The van der Waals surface area contributed by atoms with E-state index in [4.69, 9.17) is 0 Å². The smallest absolute Gasteiger partial charge is 0.269 e. The fourth-order valence-corrected chi connectivity index (χ4v) is 6.44. The van der Waals surface area contributed by atoms with Gasteiger partial charge in [-0.3, -0.25) is 24.5 Å². The molecule has 9 heteroatoms. The van der Waals surface area contributed by atoms with Gasteiger partial charge in [0.1, 0.15) is 18.1 Å². The standard InChI is InChI=1S/C35H40N4O5/c1-24-12-14-25(15-13-24)20-21-36-34(41)32(28-16-18-29(19-17-28)39(43)44)38-31(23-27-10-6-3-7-11-27)33(40)37-30(35(38)42)22-26-8-4-2-5-9-26/h2,4-5,8-9,12-19,27,30-32H,3,6-7,10-11,20-23H2,1H3,(H,36,41)(H,37,40)/t30-,31-,32?/m0/s1. The van der Waals surface area contributed by atoms with E-state index in [1.165, 1.54) is 29.2 Å². The molecule has 2 aliphatic rings. The van der Waals surface area contributed by atoms with E-state index < -0.39 is 29.0 Å². The van der Waals surface area contributed by atoms with Crippen LogP contribution in [0.1, 0.15) is 66.8 Å². The van der Waals surface area contributed by atoms with Gasteiger partial charge in [0.05, 0.1) is 4.92 Å². The number of amides is 3. The van der Waals surface area contributed by atoms with Crippen molar-refractivity contribution in [2.75, 3.05) is 6.54 Å². The van der Waals surface area contributed by atoms with Crippen molar-refractivity contribution < 1.29 is 19.3 Å². The van der Waals surface area contributed by atoms with Crippen molar-refractivity contribution in [3.8, 4) is 0 Å². The zero-order valence-electron chi connectivity index (χ0n) is 25.1. The summed E-state index contributed by atoms with van der Waals surface area (Å²) in [6.07, 6.45) is 6.62. The van der Waals surface area contributed by atoms with Crippen molar-refractivity contribution in [1.29, 1.82) is 0 Å². The Morgan fingerprint density at radius 3 is 2.30 bits per heavy atom. The van der Waals surface area contributed by atoms with Gasteiger partial charge in [0.15, 0.2) is 0 Å². The van der Waals surface area contributed by atoms with Gasteiger partial charge < -0.3 is 15.5 Å². The SMILES string of the molecule is Cc1ccc(CCNC(=O)C(c2ccc([N+](=O)[O-])cc2)N2C(=O)[C@H](Cc3ccccc3)NC(=O)[C@@H]2CC2CCCCC2)cc1. The van der Waals surface area contributed by atoms with Gasteiger partial charge >= 0.3 is 0 Å². The van der Waals surface area contributed by atoms with E-state index in [-0.39, 0.29) is 23.4 Å². The number of rotatable bonds is 11. The molecular weight excluding hydrogens is 556 g/mol. The number of nitrogens with one attached hydrogen (secondary N) is 2. The Morgan fingerprint density at radius 2 is 1.64 bits per heavy atom. The lowest BCUT2D eigenvalue weighted by molar-refractivity contribution is -0.384. The number of nitro benzene ring substituents is 1. The highest BCUT2D eigenvalue weighted by atomic mass is 16.6. The molecule has 0 spiro atoms. The number of hydrogen-bond donors (Lipinski definition) is 2. The Bertz CT molecular complexity index is 1450. The van der Waals surface area contributed by atoms with Crippen LogP contribution >= 0.6 is 0 Å². The van der Waals surface area contributed by atoms with Crippen LogP contribution in [0.2, 0.25) is 0 Å². The number of nitro groups is 1. The van der Waals surface area contributed by atoms with E-state index >= 15 is 0 Å². The summed E-state index contributed by atoms with van der Waals surface area (Å²) < 4.78 is 0. The van der Waals surface area contributed by atoms with Gasteiger partial charge in [-0.1, -0.05) is 92.3 Å². The topological polar surface area (TPSA) is 122 Å². The van der Waals surface area contributed by atoms with E-state index in [2.05, 4.69) is 10.6 Å². The van der Waals surface area contributed by atoms with E-state index in [1.54, 1.807) is 0 Å². The second kappa shape index (κ2) is 14.3. The first-order valence-electron chi connectivity index (χ1n) is 15.5. The fourth-order valence-electron chi connectivity index (χ4n) is 6.44. The molecule has 1 saturated carbocycles. The summed E-state index contributed by atoms with van der Waals surface area (Å²) in [6, 6.07) is 20.5. The van der Waals surface area contributed by atoms with E-state index in [0.29, 0.717) is 31.4 Å². The quantitative estimate of drug-likeness (QED) is 0.232. The van der Waals surface area contributed by atoms with Gasteiger partial charge in [0.2, 0.25) is 17.7 Å². The van der Waals surface area contributed by atoms with Gasteiger partial charge in [-0.05, 0) is 54.5 Å². The minimum atomic E-state index is -1.13. The molecule has 2 fully saturated rings. The predicted molar refractivity (Wildman–Crippen MR) is 168 cm³/mol. The molecule has 5 rings (SSSR count). The van der Waals surface area contributed by atoms with Crippen LogP contribution in [0.3, 0.4) is 0 Å². The van der Waals surface area contributed by atoms with Crippen LogP contribution in [0.5, 0.6) is 0 Å². The lowest BCUT2D eigenvalue weighted by Crippen LogP contribution is -2.66. The van der Waals surface area contributed by atoms with Gasteiger partial charge in [-0.2, -0.15) is 0 Å². The molecule has 9 nitrogen and oxygen atoms in total. The number of benzene rings is 3. The molecule has 44 heavy (non-hydrogen) atoms. The Morgan fingerprint density at radius 1 is 0.955 bits per heavy atom. The Balaban J connectivity index is 1.48. The Hall–Kier alpha value is -4.53. The van der Waals surface area contributed by atoms with Crippen LogP contribution < -0.4 is 10.6 Å². The summed E-state index contributed by atoms with van der Waals surface area (Å²) >= 11 is 0.